The van der Waals surface area contributed by atoms with Gasteiger partial charge in [-0.3, -0.25) is 14.2 Å². The van der Waals surface area contributed by atoms with Gasteiger partial charge in [-0.05, 0) is 49.2 Å². The number of nitrogens with zero attached hydrogens (tertiary/aromatic N) is 3. The number of ether oxygens (including phenoxy) is 1. The van der Waals surface area contributed by atoms with Crippen molar-refractivity contribution in [1.82, 2.24) is 14.5 Å². The molecule has 1 N–H and O–H groups in total. The van der Waals surface area contributed by atoms with Gasteiger partial charge in [-0.2, -0.15) is 0 Å². The van der Waals surface area contributed by atoms with E-state index < -0.39 is 0 Å². The van der Waals surface area contributed by atoms with Crippen LogP contribution in [0.2, 0.25) is 5.02 Å². The fourth-order valence-corrected chi connectivity index (χ4v) is 5.62. The van der Waals surface area contributed by atoms with Crippen LogP contribution >= 0.6 is 34.7 Å². The van der Waals surface area contributed by atoms with E-state index in [1.54, 1.807) is 35.0 Å². The first-order valence-electron chi connectivity index (χ1n) is 10.2. The molecule has 0 aliphatic carbocycles. The molecule has 1 saturated heterocycles. The minimum atomic E-state index is -0.188. The number of rotatable bonds is 6. The SMILES string of the molecule is O=C(CSc1nc2c(sc3ncccc32)c(=O)n1CC1CCCO1)Nc1ccc(Cl)cc1. The Hall–Kier alpha value is -2.46. The lowest BCUT2D eigenvalue weighted by Crippen LogP contribution is -2.28. The van der Waals surface area contributed by atoms with Crippen molar-refractivity contribution >= 4 is 66.7 Å². The molecule has 1 amide bonds. The monoisotopic (exact) mass is 486 g/mol. The Kier molecular flexibility index (Phi) is 6.14. The summed E-state index contributed by atoms with van der Waals surface area (Å²) in [7, 11) is 0. The number of carbonyl (C=O) groups excluding carboxylic acids is 1. The van der Waals surface area contributed by atoms with Gasteiger partial charge in [0.15, 0.2) is 5.16 Å². The molecule has 1 atom stereocenters. The van der Waals surface area contributed by atoms with E-state index in [9.17, 15) is 9.59 Å². The molecule has 164 valence electrons. The number of halogens is 1. The number of pyridine rings is 1. The van der Waals surface area contributed by atoms with Crippen molar-refractivity contribution in [2.24, 2.45) is 0 Å². The van der Waals surface area contributed by atoms with E-state index in [1.807, 2.05) is 12.1 Å². The molecule has 0 bridgehead atoms. The quantitative estimate of drug-likeness (QED) is 0.317. The first-order valence-corrected chi connectivity index (χ1v) is 12.3. The van der Waals surface area contributed by atoms with Crippen LogP contribution in [-0.4, -0.2) is 38.9 Å². The first-order chi connectivity index (χ1) is 15.6. The Morgan fingerprint density at radius 2 is 2.16 bits per heavy atom. The zero-order valence-corrected chi connectivity index (χ0v) is 19.3. The molecule has 32 heavy (non-hydrogen) atoms. The van der Waals surface area contributed by atoms with Crippen molar-refractivity contribution < 1.29 is 9.53 Å². The number of carbonyl (C=O) groups is 1. The van der Waals surface area contributed by atoms with E-state index in [1.165, 1.54) is 23.1 Å². The zero-order chi connectivity index (χ0) is 22.1. The van der Waals surface area contributed by atoms with Crippen LogP contribution in [0.15, 0.2) is 52.5 Å². The standard InChI is InChI=1S/C22H19ClN4O3S2/c23-13-5-7-14(8-6-13)25-17(28)12-31-22-26-18-16-4-1-9-24-20(16)32-19(18)21(29)27(22)11-15-3-2-10-30-15/h1,4-9,15H,2-3,10-12H2,(H,25,28). The Morgan fingerprint density at radius 3 is 2.94 bits per heavy atom. The molecule has 0 spiro atoms. The third-order valence-corrected chi connectivity index (χ3v) is 7.51. The largest absolute Gasteiger partial charge is 0.376 e. The summed E-state index contributed by atoms with van der Waals surface area (Å²) in [6, 6.07) is 10.7. The second kappa shape index (κ2) is 9.19. The van der Waals surface area contributed by atoms with E-state index >= 15 is 0 Å². The molecule has 1 aliphatic heterocycles. The summed E-state index contributed by atoms with van der Waals surface area (Å²) in [6.45, 7) is 1.12. The maximum atomic E-state index is 13.4. The second-order valence-corrected chi connectivity index (χ2v) is 9.80. The maximum Gasteiger partial charge on any atom is 0.272 e. The molecule has 0 saturated carbocycles. The molecule has 5 rings (SSSR count). The Labute approximate surface area is 196 Å². The van der Waals surface area contributed by atoms with Crippen molar-refractivity contribution in [3.63, 3.8) is 0 Å². The van der Waals surface area contributed by atoms with E-state index in [-0.39, 0.29) is 23.3 Å². The molecule has 0 radical (unpaired) electrons. The van der Waals surface area contributed by atoms with Crippen molar-refractivity contribution in [2.45, 2.75) is 30.6 Å². The lowest BCUT2D eigenvalue weighted by atomic mass is 10.2. The fraction of sp³-hybridized carbons (Fsp3) is 0.273. The maximum absolute atomic E-state index is 13.4. The average molecular weight is 487 g/mol. The van der Waals surface area contributed by atoms with Crippen LogP contribution in [0.4, 0.5) is 5.69 Å². The van der Waals surface area contributed by atoms with Crippen LogP contribution in [0.3, 0.4) is 0 Å². The number of thiophene rings is 1. The van der Waals surface area contributed by atoms with Crippen LogP contribution in [-0.2, 0) is 16.1 Å². The van der Waals surface area contributed by atoms with Gasteiger partial charge in [0.1, 0.15) is 9.53 Å². The van der Waals surface area contributed by atoms with E-state index in [0.29, 0.717) is 39.2 Å². The summed E-state index contributed by atoms with van der Waals surface area (Å²) in [5, 5.41) is 4.80. The van der Waals surface area contributed by atoms with Gasteiger partial charge in [0, 0.05) is 28.9 Å². The number of hydrogen-bond donors (Lipinski definition) is 1. The molecule has 7 nitrogen and oxygen atoms in total. The number of fused-ring (bicyclic) bond motifs is 3. The number of benzene rings is 1. The van der Waals surface area contributed by atoms with Gasteiger partial charge in [-0.1, -0.05) is 23.4 Å². The summed E-state index contributed by atoms with van der Waals surface area (Å²) in [6.07, 6.45) is 3.56. The van der Waals surface area contributed by atoms with Crippen LogP contribution in [0.5, 0.6) is 0 Å². The Morgan fingerprint density at radius 1 is 1.31 bits per heavy atom. The summed E-state index contributed by atoms with van der Waals surface area (Å²) in [4.78, 5) is 35.9. The number of nitrogens with one attached hydrogen (secondary N) is 1. The number of amides is 1. The van der Waals surface area contributed by atoms with Gasteiger partial charge in [-0.25, -0.2) is 9.97 Å². The number of anilines is 1. The molecule has 1 aliphatic rings. The van der Waals surface area contributed by atoms with Crippen molar-refractivity contribution in [2.75, 3.05) is 17.7 Å². The van der Waals surface area contributed by atoms with Gasteiger partial charge in [0.05, 0.1) is 23.9 Å². The van der Waals surface area contributed by atoms with E-state index in [2.05, 4.69) is 10.3 Å². The normalized spacial score (nSPS) is 16.1. The molecule has 1 unspecified atom stereocenters. The topological polar surface area (TPSA) is 86.1 Å². The molecule has 1 fully saturated rings. The molecule has 10 heteroatoms. The summed E-state index contributed by atoms with van der Waals surface area (Å²) in [5.41, 5.74) is 1.18. The summed E-state index contributed by atoms with van der Waals surface area (Å²) >= 11 is 8.49. The zero-order valence-electron chi connectivity index (χ0n) is 16.9. The summed E-state index contributed by atoms with van der Waals surface area (Å²) < 4.78 is 7.98. The highest BCUT2D eigenvalue weighted by Crippen LogP contribution is 2.31. The predicted molar refractivity (Wildman–Crippen MR) is 129 cm³/mol. The molecule has 4 heterocycles. The number of hydrogen-bond acceptors (Lipinski definition) is 7. The van der Waals surface area contributed by atoms with E-state index in [0.717, 1.165) is 23.1 Å². The van der Waals surface area contributed by atoms with Gasteiger partial charge < -0.3 is 10.1 Å². The van der Waals surface area contributed by atoms with Gasteiger partial charge >= 0.3 is 0 Å². The smallest absolute Gasteiger partial charge is 0.272 e. The van der Waals surface area contributed by atoms with Gasteiger partial charge in [0.2, 0.25) is 5.91 Å². The lowest BCUT2D eigenvalue weighted by molar-refractivity contribution is -0.113. The third-order valence-electron chi connectivity index (χ3n) is 5.19. The molecule has 1 aromatic carbocycles. The highest BCUT2D eigenvalue weighted by Gasteiger charge is 2.22. The van der Waals surface area contributed by atoms with Crippen molar-refractivity contribution in [3.05, 3.63) is 58.0 Å². The fourth-order valence-electron chi connectivity index (χ4n) is 3.66. The van der Waals surface area contributed by atoms with Gasteiger partial charge in [-0.15, -0.1) is 11.3 Å². The summed E-state index contributed by atoms with van der Waals surface area (Å²) in [5.74, 6) is -0.0703. The molecular weight excluding hydrogens is 468 g/mol. The number of thioether (sulfide) groups is 1. The highest BCUT2D eigenvalue weighted by atomic mass is 35.5. The Bertz CT molecular complexity index is 1350. The van der Waals surface area contributed by atoms with Crippen LogP contribution in [0.25, 0.3) is 20.4 Å². The Balaban J connectivity index is 1.46. The van der Waals surface area contributed by atoms with E-state index in [4.69, 9.17) is 21.3 Å². The first kappa shape index (κ1) is 21.4. The van der Waals surface area contributed by atoms with Crippen LogP contribution in [0, 0.1) is 0 Å². The minimum absolute atomic E-state index is 0.0262. The van der Waals surface area contributed by atoms with Crippen LogP contribution in [0.1, 0.15) is 12.8 Å². The second-order valence-electron chi connectivity index (χ2n) is 7.42. The predicted octanol–water partition coefficient (Wildman–Crippen LogP) is 4.57. The third kappa shape index (κ3) is 4.38. The number of aromatic nitrogens is 3. The lowest BCUT2D eigenvalue weighted by Gasteiger charge is -2.15. The highest BCUT2D eigenvalue weighted by molar-refractivity contribution is 7.99. The molecule has 4 aromatic rings. The van der Waals surface area contributed by atoms with Crippen LogP contribution < -0.4 is 10.9 Å². The van der Waals surface area contributed by atoms with Gasteiger partial charge in [0.25, 0.3) is 5.56 Å². The molecular formula is C22H19ClN4O3S2. The average Bonchev–Trinajstić information content (AvgIpc) is 3.44. The van der Waals surface area contributed by atoms with Crippen molar-refractivity contribution in [3.8, 4) is 0 Å². The van der Waals surface area contributed by atoms with Crippen molar-refractivity contribution in [1.29, 1.82) is 0 Å². The molecule has 3 aromatic heterocycles. The minimum Gasteiger partial charge on any atom is -0.376 e.